The number of alkyl halides is 2. The molecule has 0 amide bonds. The lowest BCUT2D eigenvalue weighted by molar-refractivity contribution is 0.579. The molecular formula is C36H66Br2S6. The van der Waals surface area contributed by atoms with E-state index < -0.39 is 0 Å². The first-order valence-corrected chi connectivity index (χ1v) is 26.0. The minimum Gasteiger partial charge on any atom is -0.104 e. The van der Waals surface area contributed by atoms with Crippen molar-refractivity contribution in [2.75, 3.05) is 10.7 Å². The molecule has 0 unspecified atom stereocenters. The molecule has 0 atom stereocenters. The Balaban J connectivity index is 1.70. The van der Waals surface area contributed by atoms with Crippen molar-refractivity contribution in [1.29, 1.82) is 0 Å². The molecule has 4 aliphatic rings. The zero-order valence-corrected chi connectivity index (χ0v) is 36.5. The molecular weight excluding hydrogens is 785 g/mol. The van der Waals surface area contributed by atoms with Gasteiger partial charge in [-0.15, -0.1) is 70.6 Å². The Bertz CT molecular complexity index is 667. The van der Waals surface area contributed by atoms with Gasteiger partial charge in [0.15, 0.2) is 0 Å². The average molecular weight is 851 g/mol. The van der Waals surface area contributed by atoms with Crippen molar-refractivity contribution in [3.63, 3.8) is 0 Å². The molecule has 0 spiro atoms. The lowest BCUT2D eigenvalue weighted by Crippen LogP contribution is -2.53. The zero-order valence-electron chi connectivity index (χ0n) is 28.4. The predicted molar refractivity (Wildman–Crippen MR) is 225 cm³/mol. The van der Waals surface area contributed by atoms with E-state index >= 15 is 0 Å². The summed E-state index contributed by atoms with van der Waals surface area (Å²) >= 11 is 22.1. The fraction of sp³-hybridized carbons (Fsp3) is 1.00. The van der Waals surface area contributed by atoms with E-state index in [4.69, 9.17) is 0 Å². The van der Waals surface area contributed by atoms with Gasteiger partial charge in [-0.1, -0.05) is 187 Å². The molecule has 4 fully saturated rings. The Morgan fingerprint density at radius 1 is 0.295 bits per heavy atom. The maximum absolute atomic E-state index is 3.62. The van der Waals surface area contributed by atoms with E-state index in [1.54, 1.807) is 0 Å². The van der Waals surface area contributed by atoms with Crippen LogP contribution >= 0.6 is 102 Å². The van der Waals surface area contributed by atoms with Crippen molar-refractivity contribution in [3.8, 4) is 0 Å². The fourth-order valence-electron chi connectivity index (χ4n) is 6.81. The van der Waals surface area contributed by atoms with Crippen LogP contribution in [-0.4, -0.2) is 24.3 Å². The summed E-state index contributed by atoms with van der Waals surface area (Å²) in [5.74, 6) is 0. The van der Waals surface area contributed by atoms with Crippen LogP contribution in [0.4, 0.5) is 0 Å². The van der Waals surface area contributed by atoms with Gasteiger partial charge in [-0.25, -0.2) is 0 Å². The third-order valence-electron chi connectivity index (χ3n) is 9.27. The SMILES string of the molecule is CCCCCCCCC12SC3(CCCCCCCC)SC(CCCCCCCCBr)(S1)SC(CCCCCCCCBr)(S2)S3. The van der Waals surface area contributed by atoms with Crippen LogP contribution in [0.1, 0.15) is 194 Å². The number of rotatable bonds is 30. The van der Waals surface area contributed by atoms with Gasteiger partial charge in [0.05, 0.1) is 0 Å². The van der Waals surface area contributed by atoms with Gasteiger partial charge in [0.2, 0.25) is 0 Å². The number of unbranched alkanes of at least 4 members (excludes halogenated alkanes) is 20. The van der Waals surface area contributed by atoms with Gasteiger partial charge >= 0.3 is 0 Å². The van der Waals surface area contributed by atoms with Gasteiger partial charge in [-0.3, -0.25) is 0 Å². The molecule has 4 rings (SSSR count). The summed E-state index contributed by atoms with van der Waals surface area (Å²) < 4.78 is 1.55. The van der Waals surface area contributed by atoms with Crippen LogP contribution in [0.5, 0.6) is 0 Å². The van der Waals surface area contributed by atoms with Gasteiger partial charge in [-0.05, 0) is 38.5 Å². The zero-order chi connectivity index (χ0) is 31.5. The number of hydrogen-bond donors (Lipinski definition) is 0. The van der Waals surface area contributed by atoms with Gasteiger partial charge in [0, 0.05) is 10.7 Å². The second-order valence-electron chi connectivity index (χ2n) is 13.5. The number of thioether (sulfide) groups is 6. The standard InChI is InChI=1S/C36H66Br2S6/c1-3-5-7-9-15-21-27-33-39-34(28-22-16-10-8-6-4-2)42-35(40-33,29-23-17-11-13-19-25-31-37)44-36(41-33,43-34)30-24-18-12-14-20-26-32-38/h3-32H2,1-2H3. The molecule has 4 heterocycles. The van der Waals surface area contributed by atoms with Crippen LogP contribution in [0, 0.1) is 0 Å². The summed E-state index contributed by atoms with van der Waals surface area (Å²) in [4.78, 5) is 0. The number of hydrogen-bond acceptors (Lipinski definition) is 6. The van der Waals surface area contributed by atoms with E-state index in [9.17, 15) is 0 Å². The van der Waals surface area contributed by atoms with E-state index in [0.717, 1.165) is 0 Å². The third kappa shape index (κ3) is 14.7. The van der Waals surface area contributed by atoms with Crippen LogP contribution in [0.25, 0.3) is 0 Å². The minimum absolute atomic E-state index is 0.387. The van der Waals surface area contributed by atoms with Gasteiger partial charge in [0.1, 0.15) is 13.6 Å². The first-order chi connectivity index (χ1) is 21.5. The molecule has 0 aromatic rings. The molecule has 4 aliphatic heterocycles. The lowest BCUT2D eigenvalue weighted by Gasteiger charge is -2.67. The van der Waals surface area contributed by atoms with Crippen LogP contribution in [0.15, 0.2) is 0 Å². The van der Waals surface area contributed by atoms with E-state index in [0.29, 0.717) is 13.6 Å². The third-order valence-corrected chi connectivity index (χ3v) is 22.6. The van der Waals surface area contributed by atoms with Crippen molar-refractivity contribution in [2.45, 2.75) is 207 Å². The summed E-state index contributed by atoms with van der Waals surface area (Å²) in [7, 11) is 0. The van der Waals surface area contributed by atoms with Gasteiger partial charge in [-0.2, -0.15) is 0 Å². The molecule has 0 saturated carbocycles. The monoisotopic (exact) mass is 848 g/mol. The van der Waals surface area contributed by atoms with Crippen LogP contribution in [-0.2, 0) is 0 Å². The Morgan fingerprint density at radius 2 is 0.500 bits per heavy atom. The molecule has 0 radical (unpaired) electrons. The summed E-state index contributed by atoms with van der Waals surface area (Å²) in [6, 6.07) is 0. The highest BCUT2D eigenvalue weighted by atomic mass is 79.9. The first-order valence-electron chi connectivity index (χ1n) is 18.8. The van der Waals surface area contributed by atoms with Crippen molar-refractivity contribution < 1.29 is 0 Å². The highest BCUT2D eigenvalue weighted by Gasteiger charge is 2.71. The molecule has 0 aromatic heterocycles. The van der Waals surface area contributed by atoms with Crippen LogP contribution in [0.3, 0.4) is 0 Å². The highest BCUT2D eigenvalue weighted by Crippen LogP contribution is 2.91. The minimum atomic E-state index is 0.387. The Labute approximate surface area is 317 Å². The van der Waals surface area contributed by atoms with Gasteiger partial charge < -0.3 is 0 Å². The second kappa shape index (κ2) is 23.5. The quantitative estimate of drug-likeness (QED) is 0.0518. The maximum atomic E-state index is 3.62. The molecule has 8 heteroatoms. The van der Waals surface area contributed by atoms with Crippen molar-refractivity contribution in [2.24, 2.45) is 0 Å². The molecule has 260 valence electrons. The molecule has 0 aliphatic carbocycles. The second-order valence-corrected chi connectivity index (χ2v) is 27.8. The average Bonchev–Trinajstić information content (AvgIpc) is 2.99. The molecule has 4 saturated heterocycles. The first kappa shape index (κ1) is 41.5. The molecule has 0 aromatic carbocycles. The van der Waals surface area contributed by atoms with E-state index in [1.807, 2.05) is 0 Å². The Morgan fingerprint density at radius 3 is 0.727 bits per heavy atom. The van der Waals surface area contributed by atoms with Crippen molar-refractivity contribution in [3.05, 3.63) is 0 Å². The Hall–Kier alpha value is 3.06. The largest absolute Gasteiger partial charge is 0.113 e. The summed E-state index contributed by atoms with van der Waals surface area (Å²) in [6.07, 6.45) is 39.8. The number of halogens is 2. The predicted octanol–water partition coefficient (Wildman–Crippen LogP) is 16.8. The van der Waals surface area contributed by atoms with Gasteiger partial charge in [0.25, 0.3) is 0 Å². The molecule has 4 bridgehead atoms. The normalized spacial score (nSPS) is 29.2. The van der Waals surface area contributed by atoms with E-state index in [-0.39, 0.29) is 0 Å². The maximum Gasteiger partial charge on any atom is 0.113 e. The highest BCUT2D eigenvalue weighted by molar-refractivity contribution is 9.09. The molecule has 0 N–H and O–H groups in total. The van der Waals surface area contributed by atoms with Crippen LogP contribution < -0.4 is 0 Å². The molecule has 0 nitrogen and oxygen atoms in total. The summed E-state index contributed by atoms with van der Waals surface area (Å²) in [6.45, 7) is 4.70. The summed E-state index contributed by atoms with van der Waals surface area (Å²) in [5.41, 5.74) is 0. The van der Waals surface area contributed by atoms with E-state index in [2.05, 4.69) is 116 Å². The Kier molecular flexibility index (Phi) is 22.2. The van der Waals surface area contributed by atoms with Crippen LogP contribution in [0.2, 0.25) is 0 Å². The topological polar surface area (TPSA) is 0 Å². The molecule has 44 heavy (non-hydrogen) atoms. The van der Waals surface area contributed by atoms with Crippen molar-refractivity contribution >= 4 is 102 Å². The smallest absolute Gasteiger partial charge is 0.104 e. The van der Waals surface area contributed by atoms with Crippen molar-refractivity contribution in [1.82, 2.24) is 0 Å². The fourth-order valence-corrected chi connectivity index (χ4v) is 29.4. The lowest BCUT2D eigenvalue weighted by atomic mass is 10.1. The van der Waals surface area contributed by atoms with E-state index in [1.165, 1.54) is 190 Å². The summed E-state index contributed by atoms with van der Waals surface area (Å²) in [5, 5.41) is 2.35.